The zero-order valence-corrected chi connectivity index (χ0v) is 28.6. The lowest BCUT2D eigenvalue weighted by Gasteiger charge is -2.30. The lowest BCUT2D eigenvalue weighted by atomic mass is 9.90. The highest BCUT2D eigenvalue weighted by Gasteiger charge is 2.49. The van der Waals surface area contributed by atoms with E-state index in [9.17, 15) is 18.3 Å². The summed E-state index contributed by atoms with van der Waals surface area (Å²) in [5.74, 6) is -1.24. The Morgan fingerprint density at radius 3 is 2.53 bits per heavy atom. The van der Waals surface area contributed by atoms with E-state index in [4.69, 9.17) is 18.6 Å². The summed E-state index contributed by atoms with van der Waals surface area (Å²) in [6.45, 7) is 11.2. The van der Waals surface area contributed by atoms with Crippen molar-refractivity contribution >= 4 is 33.1 Å². The molecule has 2 aliphatic heterocycles. The highest BCUT2D eigenvalue weighted by Crippen LogP contribution is 2.34. The Balaban J connectivity index is 1.34. The van der Waals surface area contributed by atoms with Crippen LogP contribution in [-0.2, 0) is 35.4 Å². The first-order chi connectivity index (χ1) is 22.4. The Bertz CT molecular complexity index is 1580. The molecule has 13 heteroatoms. The lowest BCUT2D eigenvalue weighted by molar-refractivity contribution is -0.153. The van der Waals surface area contributed by atoms with Gasteiger partial charge in [0.15, 0.2) is 11.9 Å². The summed E-state index contributed by atoms with van der Waals surface area (Å²) in [6, 6.07) is 14.5. The monoisotopic (exact) mass is 672 g/mol. The molecule has 258 valence electrons. The molecule has 0 amide bonds. The number of aromatic nitrogens is 1. The number of likely N-dealkylation sites (N-methyl/N-ethyl adjacent to an activating group) is 1. The maximum atomic E-state index is 14.1. The summed E-state index contributed by atoms with van der Waals surface area (Å²) in [4.78, 5) is 17.9. The second-order valence-electron chi connectivity index (χ2n) is 13.2. The van der Waals surface area contributed by atoms with Gasteiger partial charge in [-0.05, 0) is 50.4 Å². The van der Waals surface area contributed by atoms with Crippen molar-refractivity contribution in [2.24, 2.45) is 17.8 Å². The van der Waals surface area contributed by atoms with Gasteiger partial charge in [-0.25, -0.2) is 8.42 Å². The summed E-state index contributed by atoms with van der Waals surface area (Å²) < 4.78 is 52.7. The third kappa shape index (κ3) is 8.70. The van der Waals surface area contributed by atoms with Crippen LogP contribution in [0.5, 0.6) is 0 Å². The number of nitrogens with zero attached hydrogens (tertiary/aromatic N) is 2. The number of hydrogen-bond acceptors (Lipinski definition) is 11. The van der Waals surface area contributed by atoms with E-state index in [0.29, 0.717) is 30.1 Å². The standard InChI is InChI=1S/C34H48N4O8S/c1-6-35-27-19-43-33-32(27)30(20-44-33)45-31(40)15-24(14-23-10-8-7-9-11-23)28(39)18-38(17-21(2)3)47(41,42)25-12-13-26-29(16-25)46-34(37-26)36-22(4)5/h7-13,16,21-22,24,27-28,30,32-33,35,39H,6,14-15,17-20H2,1-5H3,(H,36,37)/t24-,27+,28-,30+,32+,33-/m1/s1. The number of esters is 1. The van der Waals surface area contributed by atoms with Gasteiger partial charge in [0.2, 0.25) is 10.0 Å². The molecule has 0 unspecified atom stereocenters. The number of fused-ring (bicyclic) bond motifs is 2. The van der Waals surface area contributed by atoms with Gasteiger partial charge in [-0.1, -0.05) is 51.1 Å². The zero-order valence-electron chi connectivity index (χ0n) is 27.8. The van der Waals surface area contributed by atoms with Crippen LogP contribution in [0.1, 0.15) is 46.6 Å². The van der Waals surface area contributed by atoms with E-state index in [-0.39, 0.29) is 54.9 Å². The molecule has 1 aromatic heterocycles. The minimum absolute atomic E-state index is 0.0139. The Morgan fingerprint density at radius 2 is 1.83 bits per heavy atom. The average molecular weight is 673 g/mol. The van der Waals surface area contributed by atoms with Crippen LogP contribution in [0.4, 0.5) is 6.01 Å². The minimum Gasteiger partial charge on any atom is -0.459 e. The van der Waals surface area contributed by atoms with Crippen molar-refractivity contribution in [3.05, 3.63) is 54.1 Å². The third-order valence-electron chi connectivity index (χ3n) is 8.51. The molecule has 2 aliphatic rings. The van der Waals surface area contributed by atoms with Gasteiger partial charge < -0.3 is 34.4 Å². The van der Waals surface area contributed by atoms with Crippen molar-refractivity contribution in [3.8, 4) is 0 Å². The highest BCUT2D eigenvalue weighted by molar-refractivity contribution is 7.89. The van der Waals surface area contributed by atoms with Gasteiger partial charge in [-0.3, -0.25) is 4.79 Å². The molecule has 6 atom stereocenters. The first kappa shape index (κ1) is 35.2. The Morgan fingerprint density at radius 1 is 1.09 bits per heavy atom. The number of rotatable bonds is 16. The van der Waals surface area contributed by atoms with Crippen LogP contribution >= 0.6 is 0 Å². The number of carbonyl (C=O) groups excluding carboxylic acids is 1. The van der Waals surface area contributed by atoms with Crippen molar-refractivity contribution in [3.63, 3.8) is 0 Å². The number of oxazole rings is 1. The van der Waals surface area contributed by atoms with Crippen molar-refractivity contribution in [2.75, 3.05) is 38.2 Å². The summed E-state index contributed by atoms with van der Waals surface area (Å²) in [5.41, 5.74) is 1.79. The molecule has 2 fully saturated rings. The molecule has 0 spiro atoms. The molecule has 2 saturated heterocycles. The van der Waals surface area contributed by atoms with E-state index in [1.807, 2.05) is 65.0 Å². The number of hydrogen-bond donors (Lipinski definition) is 3. The third-order valence-corrected chi connectivity index (χ3v) is 10.3. The van der Waals surface area contributed by atoms with Crippen molar-refractivity contribution in [2.45, 2.75) is 82.9 Å². The quantitative estimate of drug-likeness (QED) is 0.191. The topological polar surface area (TPSA) is 152 Å². The predicted octanol–water partition coefficient (Wildman–Crippen LogP) is 3.80. The van der Waals surface area contributed by atoms with Crippen LogP contribution in [0.25, 0.3) is 11.1 Å². The van der Waals surface area contributed by atoms with Crippen molar-refractivity contribution in [1.29, 1.82) is 0 Å². The largest absolute Gasteiger partial charge is 0.459 e. The smallest absolute Gasteiger partial charge is 0.306 e. The molecule has 0 radical (unpaired) electrons. The summed E-state index contributed by atoms with van der Waals surface area (Å²) in [6.07, 6.45) is -1.80. The van der Waals surface area contributed by atoms with Crippen LogP contribution in [0.2, 0.25) is 0 Å². The number of ether oxygens (including phenoxy) is 3. The fraction of sp³-hybridized carbons (Fsp3) is 0.588. The lowest BCUT2D eigenvalue weighted by Crippen LogP contribution is -2.44. The molecule has 3 aromatic rings. The first-order valence-electron chi connectivity index (χ1n) is 16.5. The SMILES string of the molecule is CCN[C@H]1CO[C@@H]2OC[C@H](OC(=O)C[C@@H](Cc3ccccc3)[C@H](O)CN(CC(C)C)S(=O)(=O)c3ccc4nc(NC(C)C)oc4c3)[C@@H]21. The fourth-order valence-electron chi connectivity index (χ4n) is 6.33. The zero-order chi connectivity index (χ0) is 33.7. The van der Waals surface area contributed by atoms with Crippen LogP contribution in [0, 0.1) is 17.8 Å². The Hall–Kier alpha value is -3.07. The molecular weight excluding hydrogens is 624 g/mol. The van der Waals surface area contributed by atoms with Gasteiger partial charge in [0.05, 0.1) is 36.6 Å². The Kier molecular flexibility index (Phi) is 11.6. The fourth-order valence-corrected chi connectivity index (χ4v) is 7.96. The first-order valence-corrected chi connectivity index (χ1v) is 17.9. The highest BCUT2D eigenvalue weighted by atomic mass is 32.2. The number of carbonyl (C=O) groups is 1. The van der Waals surface area contributed by atoms with Crippen molar-refractivity contribution < 1.29 is 36.9 Å². The van der Waals surface area contributed by atoms with Crippen molar-refractivity contribution in [1.82, 2.24) is 14.6 Å². The molecule has 3 heterocycles. The second-order valence-corrected chi connectivity index (χ2v) is 15.1. The normalized spacial score (nSPS) is 22.7. The Labute approximate surface area is 277 Å². The molecule has 0 bridgehead atoms. The van der Waals surface area contributed by atoms with E-state index in [2.05, 4.69) is 15.6 Å². The van der Waals surface area contributed by atoms with Gasteiger partial charge >= 0.3 is 5.97 Å². The molecule has 0 saturated carbocycles. The average Bonchev–Trinajstić information content (AvgIpc) is 3.72. The summed E-state index contributed by atoms with van der Waals surface area (Å²) >= 11 is 0. The maximum Gasteiger partial charge on any atom is 0.306 e. The number of sulfonamides is 1. The van der Waals surface area contributed by atoms with Gasteiger partial charge in [0, 0.05) is 37.2 Å². The minimum atomic E-state index is -4.06. The number of nitrogens with one attached hydrogen (secondary N) is 2. The van der Waals surface area contributed by atoms with E-state index < -0.39 is 40.4 Å². The maximum absolute atomic E-state index is 14.1. The van der Waals surface area contributed by atoms with E-state index in [1.165, 1.54) is 16.4 Å². The molecular formula is C34H48N4O8S. The van der Waals surface area contributed by atoms with Crippen LogP contribution in [0.15, 0.2) is 57.8 Å². The molecule has 47 heavy (non-hydrogen) atoms. The van der Waals surface area contributed by atoms with Gasteiger partial charge in [0.25, 0.3) is 6.01 Å². The van der Waals surface area contributed by atoms with Gasteiger partial charge in [0.1, 0.15) is 11.6 Å². The van der Waals surface area contributed by atoms with Crippen LogP contribution < -0.4 is 10.6 Å². The summed E-state index contributed by atoms with van der Waals surface area (Å²) in [5, 5.41) is 18.2. The molecule has 2 aromatic carbocycles. The van der Waals surface area contributed by atoms with E-state index in [0.717, 1.165) is 12.1 Å². The predicted molar refractivity (Wildman–Crippen MR) is 177 cm³/mol. The molecule has 5 rings (SSSR count). The van der Waals surface area contributed by atoms with Gasteiger partial charge in [-0.15, -0.1) is 0 Å². The van der Waals surface area contributed by atoms with Crippen LogP contribution in [0.3, 0.4) is 0 Å². The number of benzene rings is 2. The molecule has 12 nitrogen and oxygen atoms in total. The number of aliphatic hydroxyl groups is 1. The second kappa shape index (κ2) is 15.4. The van der Waals surface area contributed by atoms with E-state index >= 15 is 0 Å². The summed E-state index contributed by atoms with van der Waals surface area (Å²) in [7, 11) is -4.06. The van der Waals surface area contributed by atoms with E-state index in [1.54, 1.807) is 6.07 Å². The number of aliphatic hydroxyl groups excluding tert-OH is 1. The number of anilines is 1. The molecule has 3 N–H and O–H groups in total. The van der Waals surface area contributed by atoms with Gasteiger partial charge in [-0.2, -0.15) is 9.29 Å². The van der Waals surface area contributed by atoms with Crippen LogP contribution in [-0.4, -0.2) is 92.2 Å². The molecule has 0 aliphatic carbocycles.